The van der Waals surface area contributed by atoms with Crippen molar-refractivity contribution in [2.75, 3.05) is 0 Å². The summed E-state index contributed by atoms with van der Waals surface area (Å²) in [5, 5.41) is 2.20. The van der Waals surface area contributed by atoms with E-state index in [1.165, 1.54) is 21.3 Å². The van der Waals surface area contributed by atoms with E-state index in [1.807, 2.05) is 0 Å². The summed E-state index contributed by atoms with van der Waals surface area (Å²) in [7, 11) is 0. The first-order chi connectivity index (χ1) is 5.81. The van der Waals surface area contributed by atoms with Crippen molar-refractivity contribution in [2.24, 2.45) is 11.8 Å². The van der Waals surface area contributed by atoms with E-state index in [4.69, 9.17) is 5.84 Å². The van der Waals surface area contributed by atoms with Gasteiger partial charge in [-0.1, -0.05) is 0 Å². The molecule has 0 saturated heterocycles. The molecule has 1 saturated carbocycles. The van der Waals surface area contributed by atoms with Crippen LogP contribution in [0.4, 0.5) is 0 Å². The minimum atomic E-state index is 0.393. The molecule has 1 aromatic rings. The van der Waals surface area contributed by atoms with Gasteiger partial charge < -0.3 is 0 Å². The average Bonchev–Trinajstić information content (AvgIpc) is 2.78. The number of hydrogen-bond acceptors (Lipinski definition) is 3. The molecule has 1 aliphatic carbocycles. The molecule has 66 valence electrons. The zero-order valence-electron chi connectivity index (χ0n) is 6.59. The molecule has 12 heavy (non-hydrogen) atoms. The van der Waals surface area contributed by atoms with Crippen molar-refractivity contribution in [3.8, 4) is 0 Å². The number of nitrogens with one attached hydrogen (secondary N) is 1. The fourth-order valence-electron chi connectivity index (χ4n) is 1.42. The third-order valence-corrected chi connectivity index (χ3v) is 4.03. The first-order valence-electron chi connectivity index (χ1n) is 4.01. The minimum absolute atomic E-state index is 0.393. The van der Waals surface area contributed by atoms with Gasteiger partial charge in [0.2, 0.25) is 0 Å². The lowest BCUT2D eigenvalue weighted by Gasteiger charge is -2.12. The molecule has 0 aliphatic heterocycles. The summed E-state index contributed by atoms with van der Waals surface area (Å²) in [6.07, 6.45) is 2.64. The van der Waals surface area contributed by atoms with E-state index in [0.717, 1.165) is 5.92 Å². The number of rotatable bonds is 3. The van der Waals surface area contributed by atoms with E-state index in [1.54, 1.807) is 11.3 Å². The van der Waals surface area contributed by atoms with Crippen LogP contribution in [0.15, 0.2) is 11.4 Å². The third-order valence-electron chi connectivity index (χ3n) is 2.22. The second kappa shape index (κ2) is 3.61. The van der Waals surface area contributed by atoms with Crippen molar-refractivity contribution in [2.45, 2.75) is 18.9 Å². The Bertz CT molecular complexity index is 270. The van der Waals surface area contributed by atoms with Crippen molar-refractivity contribution in [1.29, 1.82) is 0 Å². The van der Waals surface area contributed by atoms with Gasteiger partial charge in [0.25, 0.3) is 0 Å². The average molecular weight is 294 g/mol. The molecule has 1 aromatic heterocycles. The summed E-state index contributed by atoms with van der Waals surface area (Å²) in [5.41, 5.74) is 4.25. The predicted octanol–water partition coefficient (Wildman–Crippen LogP) is 2.27. The van der Waals surface area contributed by atoms with Crippen LogP contribution in [-0.2, 0) is 0 Å². The molecule has 0 spiro atoms. The van der Waals surface area contributed by atoms with Gasteiger partial charge in [-0.15, -0.1) is 11.3 Å². The highest BCUT2D eigenvalue weighted by atomic mass is 127. The maximum Gasteiger partial charge on any atom is 0.0656 e. The van der Waals surface area contributed by atoms with Gasteiger partial charge in [-0.2, -0.15) is 0 Å². The van der Waals surface area contributed by atoms with Gasteiger partial charge in [0, 0.05) is 6.04 Å². The molecule has 2 nitrogen and oxygen atoms in total. The van der Waals surface area contributed by atoms with Gasteiger partial charge >= 0.3 is 0 Å². The van der Waals surface area contributed by atoms with Crippen molar-refractivity contribution in [1.82, 2.24) is 5.43 Å². The van der Waals surface area contributed by atoms with Crippen LogP contribution in [0.1, 0.15) is 24.4 Å². The third kappa shape index (κ3) is 1.81. The Hall–Kier alpha value is 0.350. The Labute approximate surface area is 89.6 Å². The summed E-state index contributed by atoms with van der Waals surface area (Å²) in [5.74, 6) is 6.29. The molecule has 1 unspecified atom stereocenters. The fraction of sp³-hybridized carbons (Fsp3) is 0.500. The largest absolute Gasteiger partial charge is 0.271 e. The Morgan fingerprint density at radius 3 is 2.83 bits per heavy atom. The number of halogens is 1. The number of nitrogens with two attached hydrogens (primary N) is 1. The molecule has 0 aromatic carbocycles. The lowest BCUT2D eigenvalue weighted by atomic mass is 10.1. The highest BCUT2D eigenvalue weighted by Gasteiger charge is 2.31. The Morgan fingerprint density at radius 2 is 2.42 bits per heavy atom. The molecule has 0 bridgehead atoms. The lowest BCUT2D eigenvalue weighted by Crippen LogP contribution is -2.29. The van der Waals surface area contributed by atoms with E-state index in [-0.39, 0.29) is 0 Å². The highest BCUT2D eigenvalue weighted by Crippen LogP contribution is 2.41. The van der Waals surface area contributed by atoms with Crippen molar-refractivity contribution in [3.05, 3.63) is 19.9 Å². The van der Waals surface area contributed by atoms with Crippen molar-refractivity contribution < 1.29 is 0 Å². The highest BCUT2D eigenvalue weighted by molar-refractivity contribution is 14.1. The summed E-state index contributed by atoms with van der Waals surface area (Å²) < 4.78 is 1.34. The lowest BCUT2D eigenvalue weighted by molar-refractivity contribution is 0.498. The number of hydrazine groups is 1. The van der Waals surface area contributed by atoms with Crippen LogP contribution < -0.4 is 11.3 Å². The van der Waals surface area contributed by atoms with Gasteiger partial charge in [-0.25, -0.2) is 0 Å². The molecule has 0 radical (unpaired) electrons. The van der Waals surface area contributed by atoms with Crippen LogP contribution in [-0.4, -0.2) is 0 Å². The van der Waals surface area contributed by atoms with Gasteiger partial charge in [0.15, 0.2) is 0 Å². The van der Waals surface area contributed by atoms with Crippen LogP contribution in [0.5, 0.6) is 0 Å². The Kier molecular flexibility index (Phi) is 2.69. The summed E-state index contributed by atoms with van der Waals surface area (Å²) in [4.78, 5) is 0. The van der Waals surface area contributed by atoms with Crippen LogP contribution in [0.25, 0.3) is 0 Å². The maximum absolute atomic E-state index is 5.51. The topological polar surface area (TPSA) is 38.0 Å². The molecule has 0 amide bonds. The Balaban J connectivity index is 2.15. The standard InChI is InChI=1S/C8H11IN2S/c9-7-3-6(4-12-7)8(11-10)5-1-2-5/h3-5,8,11H,1-2,10H2. The van der Waals surface area contributed by atoms with E-state index < -0.39 is 0 Å². The van der Waals surface area contributed by atoms with Gasteiger partial charge in [-0.3, -0.25) is 11.3 Å². The van der Waals surface area contributed by atoms with E-state index in [9.17, 15) is 0 Å². The second-order valence-corrected chi connectivity index (χ2v) is 5.97. The summed E-state index contributed by atoms with van der Waals surface area (Å²) >= 11 is 4.13. The SMILES string of the molecule is NNC(c1csc(I)c1)C1CC1. The van der Waals surface area contributed by atoms with Crippen LogP contribution in [0.2, 0.25) is 0 Å². The first-order valence-corrected chi connectivity index (χ1v) is 5.97. The Morgan fingerprint density at radius 1 is 1.67 bits per heavy atom. The van der Waals surface area contributed by atoms with E-state index in [2.05, 4.69) is 39.5 Å². The zero-order valence-corrected chi connectivity index (χ0v) is 9.56. The zero-order chi connectivity index (χ0) is 8.55. The van der Waals surface area contributed by atoms with Crippen molar-refractivity contribution >= 4 is 33.9 Å². The molecule has 1 heterocycles. The molecule has 1 atom stereocenters. The van der Waals surface area contributed by atoms with Crippen LogP contribution >= 0.6 is 33.9 Å². The first kappa shape index (κ1) is 8.93. The second-order valence-electron chi connectivity index (χ2n) is 3.17. The maximum atomic E-state index is 5.51. The predicted molar refractivity (Wildman–Crippen MR) is 59.8 cm³/mol. The quantitative estimate of drug-likeness (QED) is 0.510. The summed E-state index contributed by atoms with van der Waals surface area (Å²) in [6, 6.07) is 2.61. The van der Waals surface area contributed by atoms with Crippen molar-refractivity contribution in [3.63, 3.8) is 0 Å². The molecule has 4 heteroatoms. The van der Waals surface area contributed by atoms with E-state index in [0.29, 0.717) is 6.04 Å². The molecule has 1 fully saturated rings. The normalized spacial score (nSPS) is 19.5. The molecule has 3 N–H and O–H groups in total. The summed E-state index contributed by atoms with van der Waals surface area (Å²) in [6.45, 7) is 0. The molecule has 2 rings (SSSR count). The fourth-order valence-corrected chi connectivity index (χ4v) is 2.83. The van der Waals surface area contributed by atoms with Crippen LogP contribution in [0.3, 0.4) is 0 Å². The van der Waals surface area contributed by atoms with Crippen LogP contribution in [0, 0.1) is 8.80 Å². The molecular formula is C8H11IN2S. The minimum Gasteiger partial charge on any atom is -0.271 e. The number of thiophene rings is 1. The number of hydrogen-bond donors (Lipinski definition) is 2. The van der Waals surface area contributed by atoms with Gasteiger partial charge in [0.05, 0.1) is 2.88 Å². The monoisotopic (exact) mass is 294 g/mol. The van der Waals surface area contributed by atoms with Gasteiger partial charge in [-0.05, 0) is 58.4 Å². The molecule has 1 aliphatic rings. The van der Waals surface area contributed by atoms with E-state index >= 15 is 0 Å². The molecular weight excluding hydrogens is 283 g/mol. The smallest absolute Gasteiger partial charge is 0.0656 e. The van der Waals surface area contributed by atoms with Gasteiger partial charge in [0.1, 0.15) is 0 Å².